The second kappa shape index (κ2) is 11.9. The average molecular weight is 508 g/mol. The zero-order valence-corrected chi connectivity index (χ0v) is 22.2. The molecule has 0 saturated carbocycles. The van der Waals surface area contributed by atoms with E-state index in [4.69, 9.17) is 4.74 Å². The van der Waals surface area contributed by atoms with E-state index < -0.39 is 22.5 Å². The third-order valence-electron chi connectivity index (χ3n) is 5.26. The first-order valence-electron chi connectivity index (χ1n) is 11.8. The van der Waals surface area contributed by atoms with Crippen molar-refractivity contribution in [3.05, 3.63) is 89.0 Å². The van der Waals surface area contributed by atoms with Gasteiger partial charge in [0.05, 0.1) is 23.4 Å². The predicted molar refractivity (Wildman–Crippen MR) is 144 cm³/mol. The van der Waals surface area contributed by atoms with Crippen LogP contribution >= 0.6 is 0 Å². The van der Waals surface area contributed by atoms with Crippen LogP contribution in [-0.4, -0.2) is 33.7 Å². The van der Waals surface area contributed by atoms with Gasteiger partial charge in [-0.25, -0.2) is 13.8 Å². The van der Waals surface area contributed by atoms with Crippen molar-refractivity contribution < 1.29 is 17.9 Å². The Morgan fingerprint density at radius 3 is 2.14 bits per heavy atom. The van der Waals surface area contributed by atoms with Gasteiger partial charge in [0.1, 0.15) is 12.3 Å². The van der Waals surface area contributed by atoms with Crippen molar-refractivity contribution in [3.63, 3.8) is 0 Å². The van der Waals surface area contributed by atoms with Gasteiger partial charge in [0.15, 0.2) is 0 Å². The molecule has 3 aromatic carbocycles. The van der Waals surface area contributed by atoms with E-state index in [1.54, 1.807) is 36.4 Å². The highest BCUT2D eigenvalue weighted by Gasteiger charge is 2.27. The lowest BCUT2D eigenvalue weighted by molar-refractivity contribution is -0.119. The summed E-state index contributed by atoms with van der Waals surface area (Å²) < 4.78 is 33.8. The van der Waals surface area contributed by atoms with Crippen LogP contribution in [0.2, 0.25) is 0 Å². The van der Waals surface area contributed by atoms with Crippen molar-refractivity contribution in [1.29, 1.82) is 0 Å². The largest absolute Gasteiger partial charge is 0.493 e. The maximum atomic E-state index is 13.5. The molecular formula is C28H33N3O4S. The molecule has 3 aromatic rings. The van der Waals surface area contributed by atoms with Crippen LogP contribution in [0.3, 0.4) is 0 Å². The summed E-state index contributed by atoms with van der Waals surface area (Å²) in [7, 11) is -3.99. The number of hydrazone groups is 1. The third-order valence-corrected chi connectivity index (χ3v) is 7.05. The summed E-state index contributed by atoms with van der Waals surface area (Å²) in [6.07, 6.45) is 1.50. The number of hydrogen-bond donors (Lipinski definition) is 1. The summed E-state index contributed by atoms with van der Waals surface area (Å²) >= 11 is 0. The number of aryl methyl sites for hydroxylation is 3. The maximum absolute atomic E-state index is 13.5. The molecule has 0 radical (unpaired) electrons. The zero-order chi connectivity index (χ0) is 26.3. The Balaban J connectivity index is 1.76. The van der Waals surface area contributed by atoms with E-state index in [-0.39, 0.29) is 4.90 Å². The fraction of sp³-hybridized carbons (Fsp3) is 0.286. The minimum Gasteiger partial charge on any atom is -0.493 e. The SMILES string of the molecule is Cc1ccc(S(=O)(=O)N(CC(=O)N/N=C\c2ccc(OCC(C)C)cc2)c2cc(C)cc(C)c2)cc1. The van der Waals surface area contributed by atoms with Crippen molar-refractivity contribution in [2.24, 2.45) is 11.0 Å². The van der Waals surface area contributed by atoms with Gasteiger partial charge in [0, 0.05) is 0 Å². The quantitative estimate of drug-likeness (QED) is 0.309. The van der Waals surface area contributed by atoms with Gasteiger partial charge in [0.25, 0.3) is 15.9 Å². The van der Waals surface area contributed by atoms with Crippen LogP contribution in [0, 0.1) is 26.7 Å². The molecule has 0 bridgehead atoms. The number of amides is 1. The van der Waals surface area contributed by atoms with Crippen LogP contribution in [-0.2, 0) is 14.8 Å². The molecule has 0 aromatic heterocycles. The van der Waals surface area contributed by atoms with Gasteiger partial charge in [0.2, 0.25) is 0 Å². The molecule has 0 spiro atoms. The Morgan fingerprint density at radius 2 is 1.56 bits per heavy atom. The minimum atomic E-state index is -3.99. The van der Waals surface area contributed by atoms with E-state index in [0.717, 1.165) is 32.3 Å². The molecule has 190 valence electrons. The van der Waals surface area contributed by atoms with E-state index in [1.165, 1.54) is 6.21 Å². The Hall–Kier alpha value is -3.65. The number of anilines is 1. The second-order valence-corrected chi connectivity index (χ2v) is 11.1. The van der Waals surface area contributed by atoms with E-state index in [2.05, 4.69) is 24.4 Å². The van der Waals surface area contributed by atoms with E-state index >= 15 is 0 Å². The van der Waals surface area contributed by atoms with Gasteiger partial charge < -0.3 is 4.74 Å². The van der Waals surface area contributed by atoms with Gasteiger partial charge in [-0.15, -0.1) is 0 Å². The van der Waals surface area contributed by atoms with Crippen molar-refractivity contribution >= 4 is 27.8 Å². The summed E-state index contributed by atoms with van der Waals surface area (Å²) in [6.45, 7) is 10.0. The molecule has 0 saturated heterocycles. The molecule has 1 N–H and O–H groups in total. The summed E-state index contributed by atoms with van der Waals surface area (Å²) in [5.74, 6) is 0.632. The molecule has 3 rings (SSSR count). The molecule has 0 aliphatic carbocycles. The Kier molecular flexibility index (Phi) is 8.88. The van der Waals surface area contributed by atoms with Crippen LogP contribution in [0.1, 0.15) is 36.1 Å². The number of sulfonamides is 1. The number of nitrogens with one attached hydrogen (secondary N) is 1. The highest BCUT2D eigenvalue weighted by Crippen LogP contribution is 2.26. The van der Waals surface area contributed by atoms with Gasteiger partial charge >= 0.3 is 0 Å². The number of carbonyl (C=O) groups excluding carboxylic acids is 1. The van der Waals surface area contributed by atoms with E-state index in [0.29, 0.717) is 18.2 Å². The topological polar surface area (TPSA) is 88.1 Å². The molecular weight excluding hydrogens is 474 g/mol. The average Bonchev–Trinajstić information content (AvgIpc) is 2.81. The lowest BCUT2D eigenvalue weighted by Crippen LogP contribution is -2.39. The second-order valence-electron chi connectivity index (χ2n) is 9.24. The van der Waals surface area contributed by atoms with Gasteiger partial charge in [-0.2, -0.15) is 5.10 Å². The Morgan fingerprint density at radius 1 is 0.944 bits per heavy atom. The fourth-order valence-corrected chi connectivity index (χ4v) is 4.91. The highest BCUT2D eigenvalue weighted by atomic mass is 32.2. The highest BCUT2D eigenvalue weighted by molar-refractivity contribution is 7.92. The first-order chi connectivity index (χ1) is 17.0. The molecule has 8 heteroatoms. The molecule has 0 fully saturated rings. The Bertz CT molecular complexity index is 1300. The van der Waals surface area contributed by atoms with Gasteiger partial charge in [-0.05, 0) is 91.9 Å². The number of rotatable bonds is 10. The van der Waals surface area contributed by atoms with Crippen LogP contribution in [0.5, 0.6) is 5.75 Å². The first kappa shape index (κ1) is 26.9. The lowest BCUT2D eigenvalue weighted by atomic mass is 10.1. The summed E-state index contributed by atoms with van der Waals surface area (Å²) in [5, 5.41) is 4.01. The number of ether oxygens (including phenoxy) is 1. The van der Waals surface area contributed by atoms with Crippen LogP contribution < -0.4 is 14.5 Å². The molecule has 0 aliphatic rings. The smallest absolute Gasteiger partial charge is 0.264 e. The number of benzene rings is 3. The molecule has 0 aliphatic heterocycles. The van der Waals surface area contributed by atoms with Crippen molar-refractivity contribution in [2.45, 2.75) is 39.5 Å². The Labute approximate surface area is 213 Å². The van der Waals surface area contributed by atoms with E-state index in [9.17, 15) is 13.2 Å². The maximum Gasteiger partial charge on any atom is 0.264 e. The van der Waals surface area contributed by atoms with Gasteiger partial charge in [-0.3, -0.25) is 9.10 Å². The number of hydrogen-bond acceptors (Lipinski definition) is 5. The first-order valence-corrected chi connectivity index (χ1v) is 13.2. The van der Waals surface area contributed by atoms with Crippen molar-refractivity contribution in [3.8, 4) is 5.75 Å². The molecule has 36 heavy (non-hydrogen) atoms. The van der Waals surface area contributed by atoms with E-state index in [1.807, 2.05) is 51.1 Å². The van der Waals surface area contributed by atoms with Crippen molar-refractivity contribution in [2.75, 3.05) is 17.5 Å². The third kappa shape index (κ3) is 7.42. The van der Waals surface area contributed by atoms with Crippen LogP contribution in [0.15, 0.2) is 76.7 Å². The number of carbonyl (C=O) groups is 1. The normalized spacial score (nSPS) is 11.6. The molecule has 1 amide bonds. The van der Waals surface area contributed by atoms with Crippen molar-refractivity contribution in [1.82, 2.24) is 5.43 Å². The summed E-state index contributed by atoms with van der Waals surface area (Å²) in [6, 6.07) is 19.3. The predicted octanol–water partition coefficient (Wildman–Crippen LogP) is 4.99. The molecule has 7 nitrogen and oxygen atoms in total. The zero-order valence-electron chi connectivity index (χ0n) is 21.4. The standard InChI is InChI=1S/C28H33N3O4S/c1-20(2)19-35-26-10-8-24(9-11-26)17-29-30-28(32)18-31(25-15-22(4)14-23(5)16-25)36(33,34)27-12-6-21(3)7-13-27/h6-17,20H,18-19H2,1-5H3,(H,30,32)/b29-17-. The summed E-state index contributed by atoms with van der Waals surface area (Å²) in [4.78, 5) is 12.9. The lowest BCUT2D eigenvalue weighted by Gasteiger charge is -2.24. The fourth-order valence-electron chi connectivity index (χ4n) is 3.50. The molecule has 0 unspecified atom stereocenters. The monoisotopic (exact) mass is 507 g/mol. The number of nitrogens with zero attached hydrogens (tertiary/aromatic N) is 2. The molecule has 0 heterocycles. The minimum absolute atomic E-state index is 0.114. The van der Waals surface area contributed by atoms with Gasteiger partial charge in [-0.1, -0.05) is 37.6 Å². The molecule has 0 atom stereocenters. The van der Waals surface area contributed by atoms with Crippen LogP contribution in [0.4, 0.5) is 5.69 Å². The summed E-state index contributed by atoms with van der Waals surface area (Å²) in [5.41, 5.74) is 6.37. The van der Waals surface area contributed by atoms with Crippen LogP contribution in [0.25, 0.3) is 0 Å².